The summed E-state index contributed by atoms with van der Waals surface area (Å²) in [5.41, 5.74) is -0.205. The molecule has 1 aliphatic rings. The van der Waals surface area contributed by atoms with Crippen molar-refractivity contribution in [3.63, 3.8) is 0 Å². The molecule has 1 fully saturated rings. The van der Waals surface area contributed by atoms with E-state index in [0.717, 1.165) is 51.5 Å². The molecule has 0 bridgehead atoms. The molecule has 5 heteroatoms. The monoisotopic (exact) mass is 292 g/mol. The highest BCUT2D eigenvalue weighted by Gasteiger charge is 2.27. The van der Waals surface area contributed by atoms with Gasteiger partial charge in [0, 0.05) is 38.9 Å². The molecule has 1 saturated heterocycles. The Morgan fingerprint density at radius 1 is 1.29 bits per heavy atom. The van der Waals surface area contributed by atoms with Crippen LogP contribution < -0.4 is 10.2 Å². The molecule has 2 heterocycles. The van der Waals surface area contributed by atoms with Gasteiger partial charge < -0.3 is 15.3 Å². The van der Waals surface area contributed by atoms with Crippen molar-refractivity contribution in [3.8, 4) is 0 Å². The third-order valence-electron chi connectivity index (χ3n) is 4.07. The van der Waals surface area contributed by atoms with Gasteiger partial charge in [-0.2, -0.15) is 0 Å². The lowest BCUT2D eigenvalue weighted by molar-refractivity contribution is 0.116. The maximum Gasteiger partial charge on any atom is 0.128 e. The first-order chi connectivity index (χ1) is 10.2. The van der Waals surface area contributed by atoms with Crippen LogP contribution in [-0.4, -0.2) is 66.4 Å². The average Bonchev–Trinajstić information content (AvgIpc) is 2.54. The number of piperazine rings is 1. The third kappa shape index (κ3) is 4.66. The van der Waals surface area contributed by atoms with E-state index in [1.165, 1.54) is 0 Å². The Balaban J connectivity index is 1.83. The number of pyridine rings is 1. The molecule has 0 aromatic carbocycles. The molecule has 1 atom stereocenters. The quantitative estimate of drug-likeness (QED) is 0.784. The number of rotatable bonds is 7. The van der Waals surface area contributed by atoms with E-state index in [9.17, 15) is 5.11 Å². The molecule has 0 aliphatic carbocycles. The fourth-order valence-electron chi connectivity index (χ4n) is 2.76. The summed E-state index contributed by atoms with van der Waals surface area (Å²) in [6, 6.07) is 6.05. The lowest BCUT2D eigenvalue weighted by Gasteiger charge is -2.40. The van der Waals surface area contributed by atoms with Crippen LogP contribution in [0.4, 0.5) is 5.82 Å². The van der Waals surface area contributed by atoms with Crippen LogP contribution in [-0.2, 0) is 0 Å². The predicted molar refractivity (Wildman–Crippen MR) is 86.7 cm³/mol. The van der Waals surface area contributed by atoms with E-state index >= 15 is 0 Å². The Hall–Kier alpha value is -1.17. The van der Waals surface area contributed by atoms with Crippen molar-refractivity contribution in [2.24, 2.45) is 0 Å². The lowest BCUT2D eigenvalue weighted by atomic mass is 10.0. The minimum absolute atomic E-state index is 0.174. The largest absolute Gasteiger partial charge is 0.394 e. The van der Waals surface area contributed by atoms with Crippen LogP contribution in [0.5, 0.6) is 0 Å². The van der Waals surface area contributed by atoms with Gasteiger partial charge in [0.15, 0.2) is 0 Å². The normalized spacial score (nSPS) is 19.5. The summed E-state index contributed by atoms with van der Waals surface area (Å²) in [4.78, 5) is 9.17. The van der Waals surface area contributed by atoms with Gasteiger partial charge in [-0.25, -0.2) is 4.98 Å². The second-order valence-corrected chi connectivity index (χ2v) is 6.10. The molecule has 2 N–H and O–H groups in total. The van der Waals surface area contributed by atoms with E-state index in [2.05, 4.69) is 40.0 Å². The van der Waals surface area contributed by atoms with E-state index in [0.29, 0.717) is 0 Å². The summed E-state index contributed by atoms with van der Waals surface area (Å²) in [6.45, 7) is 10.3. The first kappa shape index (κ1) is 16.2. The highest BCUT2D eigenvalue weighted by Crippen LogP contribution is 2.14. The minimum atomic E-state index is -0.205. The Morgan fingerprint density at radius 3 is 2.62 bits per heavy atom. The Morgan fingerprint density at radius 2 is 2.05 bits per heavy atom. The zero-order chi connectivity index (χ0) is 15.1. The van der Waals surface area contributed by atoms with Crippen molar-refractivity contribution in [1.29, 1.82) is 0 Å². The Bertz CT molecular complexity index is 406. The van der Waals surface area contributed by atoms with Crippen molar-refractivity contribution >= 4 is 5.82 Å². The van der Waals surface area contributed by atoms with Crippen molar-refractivity contribution in [1.82, 2.24) is 15.2 Å². The molecule has 5 nitrogen and oxygen atoms in total. The van der Waals surface area contributed by atoms with Gasteiger partial charge in [-0.05, 0) is 32.0 Å². The standard InChI is InChI=1S/C16H28N4O/c1-3-7-18-16(2,14-21)13-19-9-11-20(12-10-19)15-6-4-5-8-17-15/h4-6,8,18,21H,3,7,9-14H2,1-2H3. The molecule has 1 unspecified atom stereocenters. The van der Waals surface area contributed by atoms with Crippen LogP contribution in [0.2, 0.25) is 0 Å². The van der Waals surface area contributed by atoms with Gasteiger partial charge in [0.25, 0.3) is 0 Å². The molecule has 0 saturated carbocycles. The maximum absolute atomic E-state index is 9.66. The maximum atomic E-state index is 9.66. The molecule has 1 aromatic heterocycles. The van der Waals surface area contributed by atoms with Gasteiger partial charge in [-0.15, -0.1) is 0 Å². The first-order valence-corrected chi connectivity index (χ1v) is 7.91. The topological polar surface area (TPSA) is 51.6 Å². The van der Waals surface area contributed by atoms with Crippen LogP contribution in [0.25, 0.3) is 0 Å². The van der Waals surface area contributed by atoms with E-state index in [1.54, 1.807) is 0 Å². The van der Waals surface area contributed by atoms with Gasteiger partial charge in [0.1, 0.15) is 5.82 Å². The number of hydrogen-bond donors (Lipinski definition) is 2. The number of nitrogens with zero attached hydrogens (tertiary/aromatic N) is 3. The van der Waals surface area contributed by atoms with Crippen LogP contribution >= 0.6 is 0 Å². The van der Waals surface area contributed by atoms with Crippen molar-refractivity contribution in [3.05, 3.63) is 24.4 Å². The zero-order valence-electron chi connectivity index (χ0n) is 13.3. The van der Waals surface area contributed by atoms with Crippen LogP contribution in [0.3, 0.4) is 0 Å². The van der Waals surface area contributed by atoms with Crippen molar-refractivity contribution < 1.29 is 5.11 Å². The lowest BCUT2D eigenvalue weighted by Crippen LogP contribution is -2.58. The molecule has 118 valence electrons. The molecule has 21 heavy (non-hydrogen) atoms. The number of anilines is 1. The fraction of sp³-hybridized carbons (Fsp3) is 0.688. The number of hydrogen-bond acceptors (Lipinski definition) is 5. The van der Waals surface area contributed by atoms with Crippen LogP contribution in [0.1, 0.15) is 20.3 Å². The smallest absolute Gasteiger partial charge is 0.128 e. The van der Waals surface area contributed by atoms with Gasteiger partial charge >= 0.3 is 0 Å². The molecular formula is C16H28N4O. The second kappa shape index (κ2) is 7.73. The van der Waals surface area contributed by atoms with Gasteiger partial charge in [0.05, 0.1) is 12.1 Å². The summed E-state index contributed by atoms with van der Waals surface area (Å²) >= 11 is 0. The van der Waals surface area contributed by atoms with Gasteiger partial charge in [-0.3, -0.25) is 4.90 Å². The van der Waals surface area contributed by atoms with Crippen molar-refractivity contribution in [2.75, 3.05) is 50.8 Å². The number of nitrogens with one attached hydrogen (secondary N) is 1. The summed E-state index contributed by atoms with van der Waals surface area (Å²) < 4.78 is 0. The highest BCUT2D eigenvalue weighted by molar-refractivity contribution is 5.38. The fourth-order valence-corrected chi connectivity index (χ4v) is 2.76. The number of aromatic nitrogens is 1. The second-order valence-electron chi connectivity index (χ2n) is 6.10. The zero-order valence-corrected chi connectivity index (χ0v) is 13.3. The van der Waals surface area contributed by atoms with E-state index in [-0.39, 0.29) is 12.1 Å². The van der Waals surface area contributed by atoms with Crippen LogP contribution in [0, 0.1) is 0 Å². The molecule has 1 aromatic rings. The summed E-state index contributed by atoms with van der Waals surface area (Å²) in [5.74, 6) is 1.06. The molecular weight excluding hydrogens is 264 g/mol. The number of aliphatic hydroxyl groups is 1. The summed E-state index contributed by atoms with van der Waals surface area (Å²) in [5, 5.41) is 13.1. The SMILES string of the molecule is CCCNC(C)(CO)CN1CCN(c2ccccn2)CC1. The predicted octanol–water partition coefficient (Wildman–Crippen LogP) is 0.954. The highest BCUT2D eigenvalue weighted by atomic mass is 16.3. The Kier molecular flexibility index (Phi) is 5.96. The molecule has 2 rings (SSSR count). The van der Waals surface area contributed by atoms with Gasteiger partial charge in [-0.1, -0.05) is 13.0 Å². The third-order valence-corrected chi connectivity index (χ3v) is 4.07. The van der Waals surface area contributed by atoms with Gasteiger partial charge in [0.2, 0.25) is 0 Å². The minimum Gasteiger partial charge on any atom is -0.394 e. The molecule has 1 aliphatic heterocycles. The van der Waals surface area contributed by atoms with E-state index in [1.807, 2.05) is 18.3 Å². The molecule has 0 amide bonds. The summed E-state index contributed by atoms with van der Waals surface area (Å²) in [7, 11) is 0. The molecule has 0 radical (unpaired) electrons. The van der Waals surface area contributed by atoms with E-state index in [4.69, 9.17) is 0 Å². The first-order valence-electron chi connectivity index (χ1n) is 7.91. The Labute approximate surface area is 128 Å². The average molecular weight is 292 g/mol. The van der Waals surface area contributed by atoms with E-state index < -0.39 is 0 Å². The molecule has 0 spiro atoms. The van der Waals surface area contributed by atoms with Crippen molar-refractivity contribution in [2.45, 2.75) is 25.8 Å². The number of aliphatic hydroxyl groups excluding tert-OH is 1. The van der Waals surface area contributed by atoms with Crippen LogP contribution in [0.15, 0.2) is 24.4 Å². The summed E-state index contributed by atoms with van der Waals surface area (Å²) in [6.07, 6.45) is 2.93.